The first kappa shape index (κ1) is 21.1. The Morgan fingerprint density at radius 1 is 1.17 bits per heavy atom. The van der Waals surface area contributed by atoms with E-state index in [4.69, 9.17) is 16.3 Å². The molecule has 0 radical (unpaired) electrons. The molecule has 154 valence electrons. The van der Waals surface area contributed by atoms with Gasteiger partial charge in [0.1, 0.15) is 5.69 Å². The lowest BCUT2D eigenvalue weighted by atomic mass is 9.95. The predicted octanol–water partition coefficient (Wildman–Crippen LogP) is 4.21. The van der Waals surface area contributed by atoms with Crippen LogP contribution in [0.3, 0.4) is 0 Å². The van der Waals surface area contributed by atoms with Gasteiger partial charge >= 0.3 is 0 Å². The summed E-state index contributed by atoms with van der Waals surface area (Å²) in [6.45, 7) is 6.22. The Hall–Kier alpha value is -2.64. The van der Waals surface area contributed by atoms with Crippen molar-refractivity contribution >= 4 is 28.9 Å². The van der Waals surface area contributed by atoms with Crippen molar-refractivity contribution in [1.29, 1.82) is 0 Å². The van der Waals surface area contributed by atoms with Crippen molar-refractivity contribution < 1.29 is 14.5 Å². The lowest BCUT2D eigenvalue weighted by molar-refractivity contribution is -0.384. The maximum absolute atomic E-state index is 12.9. The quantitative estimate of drug-likeness (QED) is 0.562. The molecule has 1 atom stereocenters. The number of ether oxygens (including phenoxy) is 1. The van der Waals surface area contributed by atoms with E-state index in [1.807, 2.05) is 30.9 Å². The summed E-state index contributed by atoms with van der Waals surface area (Å²) in [6, 6.07) is 11.7. The van der Waals surface area contributed by atoms with Crippen LogP contribution in [-0.2, 0) is 4.74 Å². The van der Waals surface area contributed by atoms with Gasteiger partial charge in [-0.25, -0.2) is 0 Å². The van der Waals surface area contributed by atoms with Gasteiger partial charge in [0.05, 0.1) is 24.2 Å². The van der Waals surface area contributed by atoms with Crippen molar-refractivity contribution in [2.75, 3.05) is 31.2 Å². The van der Waals surface area contributed by atoms with Crippen molar-refractivity contribution in [2.24, 2.45) is 5.92 Å². The summed E-state index contributed by atoms with van der Waals surface area (Å²) >= 11 is 5.96. The van der Waals surface area contributed by atoms with Crippen LogP contribution in [0.1, 0.15) is 35.8 Å². The molecule has 0 aromatic heterocycles. The average molecular weight is 418 g/mol. The molecule has 0 aliphatic carbocycles. The summed E-state index contributed by atoms with van der Waals surface area (Å²) in [5.41, 5.74) is 1.62. The molecule has 1 unspecified atom stereocenters. The molecule has 2 aromatic rings. The first-order valence-corrected chi connectivity index (χ1v) is 9.92. The van der Waals surface area contributed by atoms with Crippen LogP contribution < -0.4 is 10.2 Å². The maximum atomic E-state index is 12.9. The molecule has 8 heteroatoms. The Labute approximate surface area is 174 Å². The van der Waals surface area contributed by atoms with Gasteiger partial charge in [0.25, 0.3) is 11.6 Å². The maximum Gasteiger partial charge on any atom is 0.293 e. The van der Waals surface area contributed by atoms with E-state index in [1.165, 1.54) is 6.07 Å². The molecule has 7 nitrogen and oxygen atoms in total. The van der Waals surface area contributed by atoms with E-state index < -0.39 is 4.92 Å². The third-order valence-electron chi connectivity index (χ3n) is 4.97. The van der Waals surface area contributed by atoms with E-state index in [-0.39, 0.29) is 29.1 Å². The predicted molar refractivity (Wildman–Crippen MR) is 113 cm³/mol. The number of carbonyl (C=O) groups excluding carboxylic acids is 1. The Balaban J connectivity index is 1.84. The zero-order chi connectivity index (χ0) is 21.0. The number of morpholine rings is 1. The molecule has 1 aliphatic rings. The van der Waals surface area contributed by atoms with Crippen molar-refractivity contribution in [2.45, 2.75) is 19.9 Å². The molecule has 0 bridgehead atoms. The number of nitrogens with one attached hydrogen (secondary N) is 1. The van der Waals surface area contributed by atoms with Gasteiger partial charge in [0, 0.05) is 29.7 Å². The molecule has 29 heavy (non-hydrogen) atoms. The third kappa shape index (κ3) is 5.05. The van der Waals surface area contributed by atoms with Crippen LogP contribution in [-0.4, -0.2) is 37.1 Å². The average Bonchev–Trinajstić information content (AvgIpc) is 2.72. The van der Waals surface area contributed by atoms with E-state index in [0.717, 1.165) is 5.56 Å². The summed E-state index contributed by atoms with van der Waals surface area (Å²) < 4.78 is 5.32. The molecule has 1 heterocycles. The summed E-state index contributed by atoms with van der Waals surface area (Å²) in [4.78, 5) is 26.0. The topological polar surface area (TPSA) is 84.7 Å². The SMILES string of the molecule is CC(C)C(NC(=O)c1ccc(N2CCOCC2)c([N+](=O)[O-])c1)c1ccc(Cl)cc1. The fraction of sp³-hybridized carbons (Fsp3) is 0.381. The molecular formula is C21H24ClN3O4. The number of hydrogen-bond donors (Lipinski definition) is 1. The Bertz CT molecular complexity index is 880. The van der Waals surface area contributed by atoms with Crippen LogP contribution in [0.2, 0.25) is 5.02 Å². The molecule has 0 spiro atoms. The Morgan fingerprint density at radius 2 is 1.83 bits per heavy atom. The normalized spacial score (nSPS) is 15.2. The van der Waals surface area contributed by atoms with Gasteiger partial charge < -0.3 is 15.0 Å². The Morgan fingerprint density at radius 3 is 2.41 bits per heavy atom. The fourth-order valence-corrected chi connectivity index (χ4v) is 3.54. The number of halogens is 1. The van der Waals surface area contributed by atoms with Crippen molar-refractivity contribution in [1.82, 2.24) is 5.32 Å². The number of nitro benzene ring substituents is 1. The standard InChI is InChI=1S/C21H24ClN3O4/c1-14(2)20(15-3-6-17(22)7-4-15)23-21(26)16-5-8-18(19(13-16)25(27)28)24-9-11-29-12-10-24/h3-8,13-14,20H,9-12H2,1-2H3,(H,23,26). The molecule has 2 aromatic carbocycles. The second kappa shape index (κ2) is 9.24. The van der Waals surface area contributed by atoms with E-state index in [1.54, 1.807) is 24.3 Å². The summed E-state index contributed by atoms with van der Waals surface area (Å²) in [5, 5.41) is 15.2. The van der Waals surface area contributed by atoms with Gasteiger partial charge in [-0.2, -0.15) is 0 Å². The highest BCUT2D eigenvalue weighted by atomic mass is 35.5. The zero-order valence-electron chi connectivity index (χ0n) is 16.4. The summed E-state index contributed by atoms with van der Waals surface area (Å²) in [7, 11) is 0. The van der Waals surface area contributed by atoms with Crippen molar-refractivity contribution in [3.8, 4) is 0 Å². The minimum atomic E-state index is -0.444. The highest BCUT2D eigenvalue weighted by molar-refractivity contribution is 6.30. The minimum Gasteiger partial charge on any atom is -0.378 e. The van der Waals surface area contributed by atoms with Crippen LogP contribution in [0, 0.1) is 16.0 Å². The second-order valence-electron chi connectivity index (χ2n) is 7.31. The van der Waals surface area contributed by atoms with Gasteiger partial charge in [-0.05, 0) is 35.7 Å². The van der Waals surface area contributed by atoms with Gasteiger partial charge in [-0.1, -0.05) is 37.6 Å². The molecule has 1 amide bonds. The number of carbonyl (C=O) groups is 1. The number of nitro groups is 1. The summed E-state index contributed by atoms with van der Waals surface area (Å²) in [5.74, 6) is -0.224. The second-order valence-corrected chi connectivity index (χ2v) is 7.74. The van der Waals surface area contributed by atoms with E-state index >= 15 is 0 Å². The summed E-state index contributed by atoms with van der Waals surface area (Å²) in [6.07, 6.45) is 0. The van der Waals surface area contributed by atoms with Crippen LogP contribution in [0.5, 0.6) is 0 Å². The number of nitrogens with zero attached hydrogens (tertiary/aromatic N) is 2. The van der Waals surface area contributed by atoms with Crippen LogP contribution >= 0.6 is 11.6 Å². The number of amides is 1. The van der Waals surface area contributed by atoms with Gasteiger partial charge in [0.2, 0.25) is 0 Å². The van der Waals surface area contributed by atoms with Gasteiger partial charge in [-0.15, -0.1) is 0 Å². The monoisotopic (exact) mass is 417 g/mol. The van der Waals surface area contributed by atoms with Gasteiger partial charge in [0.15, 0.2) is 0 Å². The first-order chi connectivity index (χ1) is 13.9. The lowest BCUT2D eigenvalue weighted by Crippen LogP contribution is -2.36. The largest absolute Gasteiger partial charge is 0.378 e. The van der Waals surface area contributed by atoms with E-state index in [2.05, 4.69) is 5.32 Å². The molecule has 1 fully saturated rings. The van der Waals surface area contributed by atoms with Crippen LogP contribution in [0.25, 0.3) is 0 Å². The number of benzene rings is 2. The smallest absolute Gasteiger partial charge is 0.293 e. The minimum absolute atomic E-state index is 0.0767. The highest BCUT2D eigenvalue weighted by Crippen LogP contribution is 2.30. The van der Waals surface area contributed by atoms with Crippen LogP contribution in [0.15, 0.2) is 42.5 Å². The molecule has 0 saturated carbocycles. The Kier molecular flexibility index (Phi) is 6.71. The fourth-order valence-electron chi connectivity index (χ4n) is 3.41. The molecular weight excluding hydrogens is 394 g/mol. The zero-order valence-corrected chi connectivity index (χ0v) is 17.2. The van der Waals surface area contributed by atoms with Gasteiger partial charge in [-0.3, -0.25) is 14.9 Å². The van der Waals surface area contributed by atoms with E-state index in [0.29, 0.717) is 37.0 Å². The van der Waals surface area contributed by atoms with E-state index in [9.17, 15) is 14.9 Å². The first-order valence-electron chi connectivity index (χ1n) is 9.54. The van der Waals surface area contributed by atoms with Crippen molar-refractivity contribution in [3.05, 3.63) is 68.7 Å². The third-order valence-corrected chi connectivity index (χ3v) is 5.22. The number of hydrogen-bond acceptors (Lipinski definition) is 5. The number of rotatable bonds is 6. The lowest BCUT2D eigenvalue weighted by Gasteiger charge is -2.28. The number of anilines is 1. The molecule has 3 rings (SSSR count). The van der Waals surface area contributed by atoms with Crippen LogP contribution in [0.4, 0.5) is 11.4 Å². The molecule has 1 aliphatic heterocycles. The molecule has 1 N–H and O–H groups in total. The molecule has 1 saturated heterocycles. The highest BCUT2D eigenvalue weighted by Gasteiger charge is 2.25. The van der Waals surface area contributed by atoms with Crippen molar-refractivity contribution in [3.63, 3.8) is 0 Å².